The Morgan fingerprint density at radius 2 is 2.19 bits per heavy atom. The van der Waals surface area contributed by atoms with Crippen molar-refractivity contribution in [3.05, 3.63) is 29.3 Å². The van der Waals surface area contributed by atoms with Crippen molar-refractivity contribution in [1.29, 1.82) is 5.26 Å². The van der Waals surface area contributed by atoms with Gasteiger partial charge in [-0.25, -0.2) is 0 Å². The van der Waals surface area contributed by atoms with Gasteiger partial charge in [0.1, 0.15) is 17.5 Å². The molecule has 0 bridgehead atoms. The molecule has 1 aromatic carbocycles. The third-order valence-corrected chi connectivity index (χ3v) is 4.73. The van der Waals surface area contributed by atoms with E-state index in [-0.39, 0.29) is 6.10 Å². The highest BCUT2D eigenvalue weighted by Gasteiger charge is 2.69. The molecule has 0 N–H and O–H groups in total. The molecule has 82 valence electrons. The predicted octanol–water partition coefficient (Wildman–Crippen LogP) is 2.89. The number of rotatable bonds is 0. The SMILES string of the molecule is CC1(C)Oc2ccc(C#N)cc2C2OC21Br. The summed E-state index contributed by atoms with van der Waals surface area (Å²) in [6, 6.07) is 7.55. The molecule has 1 aromatic rings. The minimum absolute atomic E-state index is 0.0143. The first-order valence-corrected chi connectivity index (χ1v) is 5.87. The van der Waals surface area contributed by atoms with Gasteiger partial charge in [0.05, 0.1) is 11.6 Å². The van der Waals surface area contributed by atoms with Crippen LogP contribution in [-0.4, -0.2) is 10.1 Å². The van der Waals surface area contributed by atoms with Crippen LogP contribution in [0, 0.1) is 11.3 Å². The van der Waals surface area contributed by atoms with Crippen LogP contribution in [0.15, 0.2) is 18.2 Å². The standard InChI is InChI=1S/C12H10BrNO2/c1-11(2)12(13)10(16-12)8-5-7(6-14)3-4-9(8)15-11/h3-5,10H,1-2H3. The molecule has 3 nitrogen and oxygen atoms in total. The summed E-state index contributed by atoms with van der Waals surface area (Å²) in [4.78, 5) is 0. The Bertz CT molecular complexity index is 520. The lowest BCUT2D eigenvalue weighted by Crippen LogP contribution is -2.43. The zero-order chi connectivity index (χ0) is 11.6. The van der Waals surface area contributed by atoms with Gasteiger partial charge in [-0.05, 0) is 48.0 Å². The molecule has 0 saturated carbocycles. The van der Waals surface area contributed by atoms with Gasteiger partial charge < -0.3 is 9.47 Å². The molecule has 0 aliphatic carbocycles. The zero-order valence-electron chi connectivity index (χ0n) is 8.95. The lowest BCUT2D eigenvalue weighted by atomic mass is 9.93. The highest BCUT2D eigenvalue weighted by atomic mass is 79.9. The number of epoxide rings is 1. The Morgan fingerprint density at radius 1 is 1.44 bits per heavy atom. The van der Waals surface area contributed by atoms with Crippen LogP contribution in [0.2, 0.25) is 0 Å². The molecule has 2 heterocycles. The summed E-state index contributed by atoms with van der Waals surface area (Å²) in [5, 5.41) is 8.86. The molecule has 0 radical (unpaired) electrons. The summed E-state index contributed by atoms with van der Waals surface area (Å²) in [7, 11) is 0. The number of alkyl halides is 1. The first-order chi connectivity index (χ1) is 7.48. The maximum absolute atomic E-state index is 8.86. The zero-order valence-corrected chi connectivity index (χ0v) is 10.5. The van der Waals surface area contributed by atoms with Gasteiger partial charge in [-0.1, -0.05) is 0 Å². The van der Waals surface area contributed by atoms with Crippen LogP contribution in [0.1, 0.15) is 31.1 Å². The van der Waals surface area contributed by atoms with Crippen molar-refractivity contribution >= 4 is 15.9 Å². The molecule has 2 aliphatic rings. The number of hydrogen-bond donors (Lipinski definition) is 0. The minimum Gasteiger partial charge on any atom is -0.483 e. The molecule has 1 saturated heterocycles. The van der Waals surface area contributed by atoms with Crippen LogP contribution in [0.25, 0.3) is 0 Å². The van der Waals surface area contributed by atoms with Gasteiger partial charge in [-0.3, -0.25) is 0 Å². The van der Waals surface area contributed by atoms with E-state index in [2.05, 4.69) is 22.0 Å². The lowest BCUT2D eigenvalue weighted by molar-refractivity contribution is 0.0609. The number of halogens is 1. The van der Waals surface area contributed by atoms with Crippen molar-refractivity contribution < 1.29 is 9.47 Å². The molecule has 0 aromatic heterocycles. The van der Waals surface area contributed by atoms with Crippen LogP contribution in [0.3, 0.4) is 0 Å². The van der Waals surface area contributed by atoms with Gasteiger partial charge >= 0.3 is 0 Å². The Labute approximate surface area is 102 Å². The van der Waals surface area contributed by atoms with E-state index in [9.17, 15) is 0 Å². The molecule has 4 heteroatoms. The van der Waals surface area contributed by atoms with E-state index in [0.29, 0.717) is 5.56 Å². The fourth-order valence-electron chi connectivity index (χ4n) is 2.12. The predicted molar refractivity (Wildman–Crippen MR) is 61.3 cm³/mol. The van der Waals surface area contributed by atoms with Crippen LogP contribution in [0.5, 0.6) is 5.75 Å². The van der Waals surface area contributed by atoms with E-state index < -0.39 is 10.1 Å². The van der Waals surface area contributed by atoms with Crippen LogP contribution in [0.4, 0.5) is 0 Å². The van der Waals surface area contributed by atoms with Gasteiger partial charge in [0.25, 0.3) is 0 Å². The summed E-state index contributed by atoms with van der Waals surface area (Å²) in [6.07, 6.45) is -0.0143. The van der Waals surface area contributed by atoms with E-state index in [1.807, 2.05) is 26.0 Å². The van der Waals surface area contributed by atoms with Crippen molar-refractivity contribution in [3.8, 4) is 11.8 Å². The van der Waals surface area contributed by atoms with Gasteiger partial charge in [0.15, 0.2) is 4.51 Å². The van der Waals surface area contributed by atoms with E-state index in [1.54, 1.807) is 6.07 Å². The number of nitriles is 1. The van der Waals surface area contributed by atoms with E-state index in [1.165, 1.54) is 0 Å². The van der Waals surface area contributed by atoms with Gasteiger partial charge in [0.2, 0.25) is 0 Å². The molecular formula is C12H10BrNO2. The van der Waals surface area contributed by atoms with Gasteiger partial charge in [-0.2, -0.15) is 5.26 Å². The molecule has 2 unspecified atom stereocenters. The average molecular weight is 280 g/mol. The largest absolute Gasteiger partial charge is 0.483 e. The topological polar surface area (TPSA) is 45.5 Å². The van der Waals surface area contributed by atoms with Crippen molar-refractivity contribution in [1.82, 2.24) is 0 Å². The monoisotopic (exact) mass is 279 g/mol. The number of hydrogen-bond acceptors (Lipinski definition) is 3. The third-order valence-electron chi connectivity index (χ3n) is 3.18. The number of nitrogens with zero attached hydrogens (tertiary/aromatic N) is 1. The third kappa shape index (κ3) is 1.10. The minimum atomic E-state index is -0.443. The molecule has 3 rings (SSSR count). The number of ether oxygens (including phenoxy) is 2. The Kier molecular flexibility index (Phi) is 1.77. The molecule has 2 atom stereocenters. The summed E-state index contributed by atoms with van der Waals surface area (Å²) in [5.41, 5.74) is 1.18. The maximum atomic E-state index is 8.86. The second-order valence-corrected chi connectivity index (χ2v) is 5.80. The van der Waals surface area contributed by atoms with Crippen molar-refractivity contribution in [3.63, 3.8) is 0 Å². The molecular weight excluding hydrogens is 270 g/mol. The van der Waals surface area contributed by atoms with Crippen molar-refractivity contribution in [2.75, 3.05) is 0 Å². The lowest BCUT2D eigenvalue weighted by Gasteiger charge is -2.33. The Hall–Kier alpha value is -1.05. The summed E-state index contributed by atoms with van der Waals surface area (Å²) in [5.74, 6) is 0.807. The van der Waals surface area contributed by atoms with Crippen LogP contribution < -0.4 is 4.74 Å². The molecule has 0 amide bonds. The molecule has 2 aliphatic heterocycles. The summed E-state index contributed by atoms with van der Waals surface area (Å²) < 4.78 is 11.1. The summed E-state index contributed by atoms with van der Waals surface area (Å²) >= 11 is 3.57. The fourth-order valence-corrected chi connectivity index (χ4v) is 2.63. The summed E-state index contributed by atoms with van der Waals surface area (Å²) in [6.45, 7) is 3.98. The average Bonchev–Trinajstić information content (AvgIpc) is 2.92. The quantitative estimate of drug-likeness (QED) is 0.542. The second-order valence-electron chi connectivity index (χ2n) is 4.62. The van der Waals surface area contributed by atoms with E-state index in [0.717, 1.165) is 11.3 Å². The first kappa shape index (κ1) is 10.1. The van der Waals surface area contributed by atoms with Crippen molar-refractivity contribution in [2.24, 2.45) is 0 Å². The smallest absolute Gasteiger partial charge is 0.192 e. The van der Waals surface area contributed by atoms with E-state index >= 15 is 0 Å². The van der Waals surface area contributed by atoms with E-state index in [4.69, 9.17) is 14.7 Å². The fraction of sp³-hybridized carbons (Fsp3) is 0.417. The van der Waals surface area contributed by atoms with Crippen molar-refractivity contribution in [2.45, 2.75) is 30.1 Å². The number of benzene rings is 1. The van der Waals surface area contributed by atoms with Crippen LogP contribution >= 0.6 is 15.9 Å². The molecule has 1 fully saturated rings. The van der Waals surface area contributed by atoms with Crippen LogP contribution in [-0.2, 0) is 4.74 Å². The highest BCUT2D eigenvalue weighted by molar-refractivity contribution is 9.10. The van der Waals surface area contributed by atoms with Gasteiger partial charge in [-0.15, -0.1) is 0 Å². The maximum Gasteiger partial charge on any atom is 0.192 e. The number of fused-ring (bicyclic) bond motifs is 3. The highest BCUT2D eigenvalue weighted by Crippen LogP contribution is 2.65. The Morgan fingerprint density at radius 3 is 2.88 bits per heavy atom. The molecule has 16 heavy (non-hydrogen) atoms. The second kappa shape index (κ2) is 2.79. The Balaban J connectivity index is 2.14. The molecule has 0 spiro atoms. The normalized spacial score (nSPS) is 33.0. The first-order valence-electron chi connectivity index (χ1n) is 5.08. The van der Waals surface area contributed by atoms with Gasteiger partial charge in [0, 0.05) is 5.56 Å².